The van der Waals surface area contributed by atoms with Gasteiger partial charge in [-0.1, -0.05) is 18.2 Å². The van der Waals surface area contributed by atoms with Crippen molar-refractivity contribution in [3.63, 3.8) is 0 Å². The molecule has 1 rings (SSSR count). The Hall–Kier alpha value is -1.16. The smallest absolute Gasteiger partial charge is 0.308 e. The third-order valence-corrected chi connectivity index (χ3v) is 4.02. The number of esters is 1. The first kappa shape index (κ1) is 13.9. The van der Waals surface area contributed by atoms with Crippen LogP contribution in [0.5, 0.6) is 0 Å². The first-order chi connectivity index (χ1) is 7.92. The van der Waals surface area contributed by atoms with Gasteiger partial charge in [0.2, 0.25) is 7.37 Å². The zero-order valence-corrected chi connectivity index (χ0v) is 10.3. The standard InChI is InChI=1S/C11H15O5P/c1-9(12)16-11(13)7-8-17(14,15)10-5-3-2-4-6-10/h2-6,9,12H,7-8H2,1H3,(H,14,15). The Bertz CT molecular complexity index is 415. The zero-order valence-electron chi connectivity index (χ0n) is 9.44. The van der Waals surface area contributed by atoms with Crippen molar-refractivity contribution in [3.8, 4) is 0 Å². The SMILES string of the molecule is CC(O)OC(=O)CCP(=O)(O)c1ccccc1. The third-order valence-electron chi connectivity index (χ3n) is 2.08. The molecule has 1 aromatic carbocycles. The summed E-state index contributed by atoms with van der Waals surface area (Å²) in [5.74, 6) is -0.690. The van der Waals surface area contributed by atoms with Crippen LogP contribution in [0.15, 0.2) is 30.3 Å². The number of benzene rings is 1. The Balaban J connectivity index is 2.57. The monoisotopic (exact) mass is 258 g/mol. The highest BCUT2D eigenvalue weighted by atomic mass is 31.2. The molecule has 0 aliphatic carbocycles. The van der Waals surface area contributed by atoms with E-state index in [1.807, 2.05) is 0 Å². The van der Waals surface area contributed by atoms with Crippen molar-refractivity contribution in [1.29, 1.82) is 0 Å². The molecule has 0 aromatic heterocycles. The normalized spacial score (nSPS) is 15.9. The van der Waals surface area contributed by atoms with Gasteiger partial charge in [0.05, 0.1) is 6.42 Å². The molecule has 0 spiro atoms. The van der Waals surface area contributed by atoms with Crippen LogP contribution in [0.2, 0.25) is 0 Å². The minimum Gasteiger partial charge on any atom is -0.436 e. The molecule has 0 saturated heterocycles. The molecule has 0 heterocycles. The third kappa shape index (κ3) is 4.69. The summed E-state index contributed by atoms with van der Waals surface area (Å²) in [4.78, 5) is 20.9. The van der Waals surface area contributed by atoms with Gasteiger partial charge in [0.15, 0.2) is 6.29 Å². The fourth-order valence-electron chi connectivity index (χ4n) is 1.28. The van der Waals surface area contributed by atoms with Crippen molar-refractivity contribution < 1.29 is 24.1 Å². The van der Waals surface area contributed by atoms with Gasteiger partial charge in [-0.05, 0) is 19.1 Å². The van der Waals surface area contributed by atoms with Crippen molar-refractivity contribution in [2.45, 2.75) is 19.6 Å². The molecular formula is C11H15O5P. The van der Waals surface area contributed by atoms with E-state index in [1.165, 1.54) is 6.92 Å². The second kappa shape index (κ2) is 5.96. The molecule has 6 heteroatoms. The van der Waals surface area contributed by atoms with E-state index in [-0.39, 0.29) is 12.6 Å². The van der Waals surface area contributed by atoms with Crippen LogP contribution < -0.4 is 5.30 Å². The highest BCUT2D eigenvalue weighted by Crippen LogP contribution is 2.39. The summed E-state index contributed by atoms with van der Waals surface area (Å²) in [6.45, 7) is 1.30. The van der Waals surface area contributed by atoms with Crippen molar-refractivity contribution in [1.82, 2.24) is 0 Å². The van der Waals surface area contributed by atoms with Gasteiger partial charge in [-0.25, -0.2) is 0 Å². The molecule has 0 amide bonds. The minimum absolute atomic E-state index is 0.192. The quantitative estimate of drug-likeness (QED) is 0.465. The van der Waals surface area contributed by atoms with Crippen molar-refractivity contribution >= 4 is 18.6 Å². The summed E-state index contributed by atoms with van der Waals surface area (Å²) in [5, 5.41) is 9.10. The maximum Gasteiger partial charge on any atom is 0.308 e. The van der Waals surface area contributed by atoms with E-state index in [2.05, 4.69) is 4.74 Å². The predicted octanol–water partition coefficient (Wildman–Crippen LogP) is 0.854. The highest BCUT2D eigenvalue weighted by Gasteiger charge is 2.22. The molecule has 2 atom stereocenters. The summed E-state index contributed by atoms with van der Waals surface area (Å²) in [6, 6.07) is 8.14. The van der Waals surface area contributed by atoms with Crippen LogP contribution >= 0.6 is 7.37 Å². The Kier molecular flexibility index (Phi) is 4.87. The number of rotatable bonds is 5. The number of aliphatic hydroxyl groups excluding tert-OH is 1. The van der Waals surface area contributed by atoms with Gasteiger partial charge in [0.1, 0.15) is 0 Å². The molecule has 5 nitrogen and oxygen atoms in total. The molecule has 2 unspecified atom stereocenters. The fraction of sp³-hybridized carbons (Fsp3) is 0.364. The van der Waals surface area contributed by atoms with Crippen molar-refractivity contribution in [2.75, 3.05) is 6.16 Å². The summed E-state index contributed by atoms with van der Waals surface area (Å²) in [7, 11) is -3.52. The van der Waals surface area contributed by atoms with Crippen LogP contribution in [0.1, 0.15) is 13.3 Å². The first-order valence-corrected chi connectivity index (χ1v) is 7.01. The second-order valence-electron chi connectivity index (χ2n) is 3.60. The molecule has 1 aromatic rings. The van der Waals surface area contributed by atoms with Gasteiger partial charge in [-0.2, -0.15) is 0 Å². The largest absolute Gasteiger partial charge is 0.436 e. The molecule has 0 aliphatic heterocycles. The first-order valence-electron chi connectivity index (χ1n) is 5.17. The summed E-state index contributed by atoms with van der Waals surface area (Å²) < 4.78 is 16.4. The molecule has 94 valence electrons. The Morgan fingerprint density at radius 1 is 1.41 bits per heavy atom. The number of aliphatic hydroxyl groups is 1. The topological polar surface area (TPSA) is 83.8 Å². The predicted molar refractivity (Wildman–Crippen MR) is 63.2 cm³/mol. The minimum atomic E-state index is -3.52. The average molecular weight is 258 g/mol. The lowest BCUT2D eigenvalue weighted by atomic mass is 10.4. The lowest BCUT2D eigenvalue weighted by Gasteiger charge is -2.12. The number of hydrogen-bond donors (Lipinski definition) is 2. The van der Waals surface area contributed by atoms with Crippen LogP contribution in [-0.2, 0) is 14.1 Å². The molecule has 0 aliphatic rings. The summed E-state index contributed by atoms with van der Waals surface area (Å²) >= 11 is 0. The van der Waals surface area contributed by atoms with Gasteiger partial charge in [0, 0.05) is 11.5 Å². The van der Waals surface area contributed by atoms with E-state index in [9.17, 15) is 14.3 Å². The van der Waals surface area contributed by atoms with Gasteiger partial charge in [-0.3, -0.25) is 9.36 Å². The summed E-state index contributed by atoms with van der Waals surface area (Å²) in [6.07, 6.45) is -1.59. The zero-order chi connectivity index (χ0) is 12.9. The van der Waals surface area contributed by atoms with Crippen molar-refractivity contribution in [2.24, 2.45) is 0 Å². The Labute approximate surface area is 99.5 Å². The van der Waals surface area contributed by atoms with Gasteiger partial charge in [-0.15, -0.1) is 0 Å². The molecule has 0 fully saturated rings. The van der Waals surface area contributed by atoms with Crippen LogP contribution in [0.3, 0.4) is 0 Å². The van der Waals surface area contributed by atoms with E-state index < -0.39 is 19.6 Å². The lowest BCUT2D eigenvalue weighted by Crippen LogP contribution is -2.16. The van der Waals surface area contributed by atoms with Crippen LogP contribution in [0, 0.1) is 0 Å². The molecule has 0 saturated carbocycles. The second-order valence-corrected chi connectivity index (χ2v) is 5.97. The Morgan fingerprint density at radius 3 is 2.53 bits per heavy atom. The van der Waals surface area contributed by atoms with E-state index in [0.29, 0.717) is 5.30 Å². The average Bonchev–Trinajstić information content (AvgIpc) is 2.27. The molecule has 0 radical (unpaired) electrons. The maximum absolute atomic E-state index is 11.9. The molecular weight excluding hydrogens is 243 g/mol. The number of carbonyl (C=O) groups is 1. The fourth-order valence-corrected chi connectivity index (χ4v) is 2.66. The molecule has 17 heavy (non-hydrogen) atoms. The number of carbonyl (C=O) groups excluding carboxylic acids is 1. The molecule has 0 bridgehead atoms. The maximum atomic E-state index is 11.9. The summed E-state index contributed by atoms with van der Waals surface area (Å²) in [5.41, 5.74) is 0. The Morgan fingerprint density at radius 2 is 2.00 bits per heavy atom. The number of hydrogen-bond acceptors (Lipinski definition) is 4. The lowest BCUT2D eigenvalue weighted by molar-refractivity contribution is -0.164. The van der Waals surface area contributed by atoms with Crippen molar-refractivity contribution in [3.05, 3.63) is 30.3 Å². The van der Waals surface area contributed by atoms with Gasteiger partial charge >= 0.3 is 5.97 Å². The number of ether oxygens (including phenoxy) is 1. The van der Waals surface area contributed by atoms with E-state index in [0.717, 1.165) is 0 Å². The highest BCUT2D eigenvalue weighted by molar-refractivity contribution is 7.66. The van der Waals surface area contributed by atoms with Crippen LogP contribution in [0.25, 0.3) is 0 Å². The van der Waals surface area contributed by atoms with Crippen LogP contribution in [0.4, 0.5) is 0 Å². The van der Waals surface area contributed by atoms with E-state index >= 15 is 0 Å². The van der Waals surface area contributed by atoms with E-state index in [4.69, 9.17) is 5.11 Å². The van der Waals surface area contributed by atoms with Gasteiger partial charge in [0.25, 0.3) is 0 Å². The van der Waals surface area contributed by atoms with Gasteiger partial charge < -0.3 is 14.7 Å². The van der Waals surface area contributed by atoms with E-state index in [1.54, 1.807) is 30.3 Å². The molecule has 2 N–H and O–H groups in total. The van der Waals surface area contributed by atoms with Crippen LogP contribution in [-0.4, -0.2) is 28.4 Å².